The number of hydrogen-bond donors (Lipinski definition) is 2. The maximum absolute atomic E-state index is 12.7. The van der Waals surface area contributed by atoms with Crippen LogP contribution in [0.15, 0.2) is 77.7 Å². The number of benzene rings is 1. The smallest absolute Gasteiger partial charge is 0.339 e. The summed E-state index contributed by atoms with van der Waals surface area (Å²) in [6.45, 7) is 0. The third-order valence-electron chi connectivity index (χ3n) is 5.02. The van der Waals surface area contributed by atoms with E-state index < -0.39 is 11.9 Å². The van der Waals surface area contributed by atoms with Crippen LogP contribution in [0.5, 0.6) is 0 Å². The molecule has 2 N–H and O–H groups in total. The molecule has 0 aliphatic carbocycles. The SMILES string of the molecule is Cn1cc(-c2cnn3ccc(-c4cc(C(=O)O)c(C(=O)Nc5ccccc5)o4)cc23)cn1. The van der Waals surface area contributed by atoms with E-state index in [0.29, 0.717) is 11.3 Å². The molecule has 0 atom stereocenters. The Labute approximate surface area is 181 Å². The van der Waals surface area contributed by atoms with Crippen molar-refractivity contribution in [2.75, 3.05) is 5.32 Å². The highest BCUT2D eigenvalue weighted by molar-refractivity contribution is 6.09. The number of carbonyl (C=O) groups is 2. The molecule has 0 unspecified atom stereocenters. The number of pyridine rings is 1. The number of hydrogen-bond acceptors (Lipinski definition) is 5. The first-order chi connectivity index (χ1) is 15.5. The molecule has 5 rings (SSSR count). The lowest BCUT2D eigenvalue weighted by Gasteiger charge is -2.03. The second kappa shape index (κ2) is 7.55. The maximum atomic E-state index is 12.7. The lowest BCUT2D eigenvalue weighted by molar-refractivity contribution is 0.0690. The highest BCUT2D eigenvalue weighted by atomic mass is 16.4. The van der Waals surface area contributed by atoms with Crippen LogP contribution in [0.25, 0.3) is 28.0 Å². The Morgan fingerprint density at radius 1 is 1.03 bits per heavy atom. The van der Waals surface area contributed by atoms with Crippen molar-refractivity contribution >= 4 is 23.1 Å². The number of nitrogens with one attached hydrogen (secondary N) is 1. The summed E-state index contributed by atoms with van der Waals surface area (Å²) in [6.07, 6.45) is 7.10. The monoisotopic (exact) mass is 427 g/mol. The molecule has 0 radical (unpaired) electrons. The fourth-order valence-electron chi connectivity index (χ4n) is 3.49. The number of carboxylic acids is 1. The summed E-state index contributed by atoms with van der Waals surface area (Å²) in [4.78, 5) is 24.5. The van der Waals surface area contributed by atoms with E-state index in [9.17, 15) is 14.7 Å². The van der Waals surface area contributed by atoms with Gasteiger partial charge in [-0.05, 0) is 30.3 Å². The summed E-state index contributed by atoms with van der Waals surface area (Å²) in [5.41, 5.74) is 3.49. The van der Waals surface area contributed by atoms with Crippen molar-refractivity contribution < 1.29 is 19.1 Å². The summed E-state index contributed by atoms with van der Waals surface area (Å²) in [5.74, 6) is -1.89. The molecule has 1 aromatic carbocycles. The molecule has 1 amide bonds. The summed E-state index contributed by atoms with van der Waals surface area (Å²) in [7, 11) is 1.83. The lowest BCUT2D eigenvalue weighted by Crippen LogP contribution is -2.14. The first-order valence-electron chi connectivity index (χ1n) is 9.70. The van der Waals surface area contributed by atoms with E-state index in [1.807, 2.05) is 25.4 Å². The van der Waals surface area contributed by atoms with Gasteiger partial charge in [-0.15, -0.1) is 0 Å². The van der Waals surface area contributed by atoms with E-state index in [-0.39, 0.29) is 17.1 Å². The second-order valence-corrected chi connectivity index (χ2v) is 7.18. The number of para-hydroxylation sites is 1. The van der Waals surface area contributed by atoms with Gasteiger partial charge < -0.3 is 14.8 Å². The highest BCUT2D eigenvalue weighted by Crippen LogP contribution is 2.31. The third kappa shape index (κ3) is 3.41. The van der Waals surface area contributed by atoms with Gasteiger partial charge in [0, 0.05) is 41.8 Å². The number of carboxylic acid groups (broad SMARTS) is 1. The number of nitrogens with zero attached hydrogens (tertiary/aromatic N) is 4. The van der Waals surface area contributed by atoms with Gasteiger partial charge in [-0.25, -0.2) is 9.31 Å². The van der Waals surface area contributed by atoms with Crippen LogP contribution in [0, 0.1) is 0 Å². The number of aromatic nitrogens is 4. The minimum atomic E-state index is -1.25. The average Bonchev–Trinajstić information content (AvgIpc) is 3.51. The molecule has 9 nitrogen and oxygen atoms in total. The molecule has 0 bridgehead atoms. The zero-order valence-corrected chi connectivity index (χ0v) is 16.9. The number of carbonyl (C=O) groups excluding carboxylic acids is 1. The van der Waals surface area contributed by atoms with Crippen LogP contribution in [0.3, 0.4) is 0 Å². The summed E-state index contributed by atoms with van der Waals surface area (Å²) in [6, 6.07) is 13.7. The van der Waals surface area contributed by atoms with Crippen molar-refractivity contribution in [3.8, 4) is 22.5 Å². The Bertz CT molecular complexity index is 1460. The molecule has 0 saturated carbocycles. The Morgan fingerprint density at radius 2 is 1.84 bits per heavy atom. The molecule has 4 aromatic heterocycles. The van der Waals surface area contributed by atoms with E-state index >= 15 is 0 Å². The number of aryl methyl sites for hydroxylation is 1. The Hall–Kier alpha value is -4.66. The number of rotatable bonds is 5. The van der Waals surface area contributed by atoms with Gasteiger partial charge in [-0.2, -0.15) is 10.2 Å². The predicted octanol–water partition coefficient (Wildman–Crippen LogP) is 3.95. The van der Waals surface area contributed by atoms with E-state index in [0.717, 1.165) is 16.6 Å². The average molecular weight is 427 g/mol. The van der Waals surface area contributed by atoms with Crippen LogP contribution < -0.4 is 5.32 Å². The van der Waals surface area contributed by atoms with Crippen molar-refractivity contribution in [1.29, 1.82) is 0 Å². The molecule has 32 heavy (non-hydrogen) atoms. The summed E-state index contributed by atoms with van der Waals surface area (Å²) < 4.78 is 9.14. The van der Waals surface area contributed by atoms with E-state index in [4.69, 9.17) is 4.42 Å². The van der Waals surface area contributed by atoms with Crippen LogP contribution in [0.2, 0.25) is 0 Å². The number of aromatic carboxylic acids is 1. The van der Waals surface area contributed by atoms with E-state index in [2.05, 4.69) is 15.5 Å². The highest BCUT2D eigenvalue weighted by Gasteiger charge is 2.24. The normalized spacial score (nSPS) is 11.0. The molecule has 0 aliphatic rings. The zero-order chi connectivity index (χ0) is 22.2. The Kier molecular flexibility index (Phi) is 4.55. The van der Waals surface area contributed by atoms with Crippen molar-refractivity contribution in [2.24, 2.45) is 7.05 Å². The van der Waals surface area contributed by atoms with Crippen molar-refractivity contribution in [3.63, 3.8) is 0 Å². The van der Waals surface area contributed by atoms with Gasteiger partial charge in [0.1, 0.15) is 11.3 Å². The van der Waals surface area contributed by atoms with Gasteiger partial charge >= 0.3 is 5.97 Å². The fourth-order valence-corrected chi connectivity index (χ4v) is 3.49. The molecule has 5 aromatic rings. The second-order valence-electron chi connectivity index (χ2n) is 7.18. The van der Waals surface area contributed by atoms with Crippen LogP contribution in [-0.4, -0.2) is 36.4 Å². The van der Waals surface area contributed by atoms with Gasteiger partial charge in [0.05, 0.1) is 17.9 Å². The molecule has 4 heterocycles. The zero-order valence-electron chi connectivity index (χ0n) is 16.9. The van der Waals surface area contributed by atoms with Gasteiger partial charge in [0.15, 0.2) is 0 Å². The number of amides is 1. The fraction of sp³-hybridized carbons (Fsp3) is 0.0435. The molecule has 0 spiro atoms. The third-order valence-corrected chi connectivity index (χ3v) is 5.02. The number of furan rings is 1. The van der Waals surface area contributed by atoms with Crippen LogP contribution >= 0.6 is 0 Å². The van der Waals surface area contributed by atoms with E-state index in [1.54, 1.807) is 58.1 Å². The van der Waals surface area contributed by atoms with E-state index in [1.165, 1.54) is 6.07 Å². The molecular formula is C23H17N5O4. The van der Waals surface area contributed by atoms with Gasteiger partial charge in [-0.3, -0.25) is 9.48 Å². The molecular weight excluding hydrogens is 410 g/mol. The summed E-state index contributed by atoms with van der Waals surface area (Å²) in [5, 5.41) is 20.8. The van der Waals surface area contributed by atoms with Crippen LogP contribution in [0.1, 0.15) is 20.9 Å². The first kappa shape index (κ1) is 19.3. The first-order valence-corrected chi connectivity index (χ1v) is 9.70. The molecule has 0 fully saturated rings. The lowest BCUT2D eigenvalue weighted by atomic mass is 10.1. The standard InChI is InChI=1S/C23H17N5O4/c1-27-13-15(11-24-27)18-12-25-28-8-7-14(9-19(18)28)20-10-17(23(30)31)21(32-20)22(29)26-16-5-3-2-4-6-16/h2-13H,1H3,(H,26,29)(H,30,31). The maximum Gasteiger partial charge on any atom is 0.339 e. The Balaban J connectivity index is 1.55. The van der Waals surface area contributed by atoms with Crippen LogP contribution in [0.4, 0.5) is 5.69 Å². The Morgan fingerprint density at radius 3 is 2.56 bits per heavy atom. The van der Waals surface area contributed by atoms with Gasteiger partial charge in [0.2, 0.25) is 5.76 Å². The topological polar surface area (TPSA) is 115 Å². The minimum Gasteiger partial charge on any atom is -0.478 e. The van der Waals surface area contributed by atoms with Crippen LogP contribution in [-0.2, 0) is 7.05 Å². The molecule has 0 aliphatic heterocycles. The summed E-state index contributed by atoms with van der Waals surface area (Å²) >= 11 is 0. The van der Waals surface area contributed by atoms with Gasteiger partial charge in [0.25, 0.3) is 5.91 Å². The molecule has 9 heteroatoms. The minimum absolute atomic E-state index is 0.214. The number of fused-ring (bicyclic) bond motifs is 1. The number of anilines is 1. The van der Waals surface area contributed by atoms with Crippen molar-refractivity contribution in [1.82, 2.24) is 19.4 Å². The van der Waals surface area contributed by atoms with Gasteiger partial charge in [-0.1, -0.05) is 18.2 Å². The predicted molar refractivity (Wildman–Crippen MR) is 116 cm³/mol. The quantitative estimate of drug-likeness (QED) is 0.439. The largest absolute Gasteiger partial charge is 0.478 e. The molecule has 158 valence electrons. The van der Waals surface area contributed by atoms with Crippen molar-refractivity contribution in [2.45, 2.75) is 0 Å². The molecule has 0 saturated heterocycles. The van der Waals surface area contributed by atoms with Crippen molar-refractivity contribution in [3.05, 3.63) is 84.6 Å².